The van der Waals surface area contributed by atoms with E-state index in [-0.39, 0.29) is 36.2 Å². The Morgan fingerprint density at radius 2 is 1.86 bits per heavy atom. The minimum atomic E-state index is -4.05. The molecule has 2 aromatic heterocycles. The van der Waals surface area contributed by atoms with Gasteiger partial charge in [0.15, 0.2) is 11.5 Å². The Hall–Kier alpha value is -3.54. The molecule has 0 aliphatic carbocycles. The van der Waals surface area contributed by atoms with Crippen molar-refractivity contribution < 1.29 is 33.0 Å². The van der Waals surface area contributed by atoms with Crippen molar-refractivity contribution in [3.8, 4) is 5.75 Å². The Balaban J connectivity index is 1.39. The maximum atomic E-state index is 14.5. The molecule has 0 bridgehead atoms. The second kappa shape index (κ2) is 13.4. The number of aromatic nitrogens is 4. The third kappa shape index (κ3) is 7.34. The molecule has 228 valence electrons. The number of aliphatic hydroxyl groups excluding tert-OH is 1. The first-order chi connectivity index (χ1) is 20.7. The summed E-state index contributed by atoms with van der Waals surface area (Å²) in [5.74, 6) is -1.14. The zero-order chi connectivity index (χ0) is 30.6. The standard InChI is InChI=1S/C29H33ClN5O7P/c1-18(2)21(28(37)39-15-19-9-5-3-6-10-19)16-43(38,41-20-11-7-4-8-12-20)42-22-13-24(40-23(22)14-36)35-17-32-25-26(31)33-29(30)34-27(25)35/h3-12,17-18,21-24,36H,13-16H2,1-2H3,(H2,31,33,34)/t21-,22?,23+,24+,43?/m0/s1. The summed E-state index contributed by atoms with van der Waals surface area (Å²) in [4.78, 5) is 25.7. The van der Waals surface area contributed by atoms with Gasteiger partial charge < -0.3 is 24.8 Å². The number of benzene rings is 2. The van der Waals surface area contributed by atoms with Gasteiger partial charge in [0, 0.05) is 6.42 Å². The molecule has 1 aliphatic rings. The number of carbonyl (C=O) groups is 1. The maximum absolute atomic E-state index is 14.5. The van der Waals surface area contributed by atoms with Crippen molar-refractivity contribution >= 4 is 42.1 Å². The van der Waals surface area contributed by atoms with Crippen LogP contribution in [-0.4, -0.2) is 55.6 Å². The molecule has 0 saturated carbocycles. The largest absolute Gasteiger partial charge is 0.461 e. The number of nitrogens with two attached hydrogens (primary N) is 1. The number of fused-ring (bicyclic) bond motifs is 1. The maximum Gasteiger partial charge on any atom is 0.380 e. The number of esters is 1. The molecular weight excluding hydrogens is 597 g/mol. The number of imidazole rings is 1. The number of ether oxygens (including phenoxy) is 2. The number of nitrogen functional groups attached to an aromatic ring is 1. The molecule has 5 rings (SSSR count). The molecule has 2 unspecified atom stereocenters. The molecule has 0 amide bonds. The molecule has 14 heteroatoms. The highest BCUT2D eigenvalue weighted by Gasteiger charge is 2.45. The van der Waals surface area contributed by atoms with E-state index in [1.54, 1.807) is 34.9 Å². The number of para-hydroxylation sites is 1. The number of carbonyl (C=O) groups excluding carboxylic acids is 1. The average Bonchev–Trinajstić information content (AvgIpc) is 3.59. The van der Waals surface area contributed by atoms with Crippen molar-refractivity contribution in [1.82, 2.24) is 19.5 Å². The lowest BCUT2D eigenvalue weighted by Gasteiger charge is -2.28. The molecule has 4 aromatic rings. The number of anilines is 1. The molecule has 43 heavy (non-hydrogen) atoms. The lowest BCUT2D eigenvalue weighted by Crippen LogP contribution is -2.31. The van der Waals surface area contributed by atoms with Crippen LogP contribution in [0.15, 0.2) is 67.0 Å². The van der Waals surface area contributed by atoms with Crippen LogP contribution in [0.25, 0.3) is 11.2 Å². The first-order valence-corrected chi connectivity index (χ1v) is 15.9. The van der Waals surface area contributed by atoms with Crippen molar-refractivity contribution in [2.24, 2.45) is 11.8 Å². The second-order valence-corrected chi connectivity index (χ2v) is 12.9. The Kier molecular flexibility index (Phi) is 9.63. The number of aliphatic hydroxyl groups is 1. The fourth-order valence-electron chi connectivity index (χ4n) is 4.85. The van der Waals surface area contributed by atoms with E-state index < -0.39 is 44.5 Å². The van der Waals surface area contributed by atoms with E-state index in [0.29, 0.717) is 16.9 Å². The normalized spacial score (nSPS) is 20.6. The first kappa shape index (κ1) is 30.9. The van der Waals surface area contributed by atoms with Crippen molar-refractivity contribution in [2.75, 3.05) is 18.5 Å². The number of rotatable bonds is 12. The molecule has 0 radical (unpaired) electrons. The van der Waals surface area contributed by atoms with Crippen LogP contribution in [0.1, 0.15) is 32.1 Å². The third-order valence-corrected chi connectivity index (χ3v) is 9.22. The van der Waals surface area contributed by atoms with Crippen LogP contribution in [0.3, 0.4) is 0 Å². The highest BCUT2D eigenvalue weighted by atomic mass is 35.5. The van der Waals surface area contributed by atoms with Gasteiger partial charge in [-0.1, -0.05) is 62.4 Å². The van der Waals surface area contributed by atoms with Gasteiger partial charge in [-0.05, 0) is 35.2 Å². The monoisotopic (exact) mass is 629 g/mol. The summed E-state index contributed by atoms with van der Waals surface area (Å²) in [5, 5.41) is 10.1. The van der Waals surface area contributed by atoms with Crippen molar-refractivity contribution in [2.45, 2.75) is 45.3 Å². The topological polar surface area (TPSA) is 161 Å². The Morgan fingerprint density at radius 1 is 1.16 bits per heavy atom. The van der Waals surface area contributed by atoms with Crippen LogP contribution in [0.5, 0.6) is 5.75 Å². The molecule has 1 fully saturated rings. The van der Waals surface area contributed by atoms with E-state index in [0.717, 1.165) is 5.56 Å². The number of hydrogen-bond acceptors (Lipinski definition) is 11. The molecule has 12 nitrogen and oxygen atoms in total. The Bertz CT molecular complexity index is 1590. The van der Waals surface area contributed by atoms with E-state index in [1.807, 2.05) is 44.2 Å². The van der Waals surface area contributed by atoms with Gasteiger partial charge in [-0.3, -0.25) is 13.9 Å². The highest BCUT2D eigenvalue weighted by molar-refractivity contribution is 7.54. The van der Waals surface area contributed by atoms with E-state index in [9.17, 15) is 14.5 Å². The van der Waals surface area contributed by atoms with Crippen LogP contribution < -0.4 is 10.3 Å². The zero-order valence-electron chi connectivity index (χ0n) is 23.7. The summed E-state index contributed by atoms with van der Waals surface area (Å²) in [7, 11) is -4.05. The van der Waals surface area contributed by atoms with Gasteiger partial charge in [0.2, 0.25) is 5.28 Å². The number of halogens is 1. The minimum absolute atomic E-state index is 0.0594. The summed E-state index contributed by atoms with van der Waals surface area (Å²) < 4.78 is 40.0. The molecule has 5 atom stereocenters. The summed E-state index contributed by atoms with van der Waals surface area (Å²) >= 11 is 6.02. The summed E-state index contributed by atoms with van der Waals surface area (Å²) in [6.45, 7) is 3.34. The van der Waals surface area contributed by atoms with E-state index >= 15 is 0 Å². The summed E-state index contributed by atoms with van der Waals surface area (Å²) in [6, 6.07) is 17.9. The molecule has 2 aromatic carbocycles. The van der Waals surface area contributed by atoms with Gasteiger partial charge in [0.05, 0.1) is 25.0 Å². The molecule has 3 N–H and O–H groups in total. The van der Waals surface area contributed by atoms with E-state index in [4.69, 9.17) is 35.9 Å². The quantitative estimate of drug-likeness (QED) is 0.123. The predicted molar refractivity (Wildman–Crippen MR) is 159 cm³/mol. The molecule has 0 spiro atoms. The zero-order valence-corrected chi connectivity index (χ0v) is 25.3. The van der Waals surface area contributed by atoms with Gasteiger partial charge in [-0.2, -0.15) is 9.97 Å². The molecule has 3 heterocycles. The molecule has 1 saturated heterocycles. The van der Waals surface area contributed by atoms with Gasteiger partial charge in [0.25, 0.3) is 0 Å². The van der Waals surface area contributed by atoms with Crippen LogP contribution in [0.2, 0.25) is 5.28 Å². The van der Waals surface area contributed by atoms with Crippen molar-refractivity contribution in [1.29, 1.82) is 0 Å². The third-order valence-electron chi connectivity index (χ3n) is 7.13. The fourth-order valence-corrected chi connectivity index (χ4v) is 7.36. The van der Waals surface area contributed by atoms with Crippen molar-refractivity contribution in [3.05, 3.63) is 77.8 Å². The fraction of sp³-hybridized carbons (Fsp3) is 0.379. The second-order valence-electron chi connectivity index (χ2n) is 10.5. The SMILES string of the molecule is CC(C)[C@H](CP(=O)(Oc1ccccc1)OC1C[C@H](n2cnc3c(N)nc(Cl)nc32)O[C@@H]1CO)C(=O)OCc1ccccc1. The highest BCUT2D eigenvalue weighted by Crippen LogP contribution is 2.54. The number of nitrogens with zero attached hydrogens (tertiary/aromatic N) is 4. The average molecular weight is 630 g/mol. The predicted octanol–water partition coefficient (Wildman–Crippen LogP) is 5.01. The first-order valence-electron chi connectivity index (χ1n) is 13.8. The van der Waals surface area contributed by atoms with Gasteiger partial charge >= 0.3 is 13.6 Å². The smallest absolute Gasteiger partial charge is 0.380 e. The Labute approximate surface area is 253 Å². The van der Waals surface area contributed by atoms with Gasteiger partial charge in [-0.25, -0.2) is 9.55 Å². The minimum Gasteiger partial charge on any atom is -0.461 e. The Morgan fingerprint density at radius 3 is 2.53 bits per heavy atom. The van der Waals surface area contributed by atoms with Gasteiger partial charge in [0.1, 0.15) is 36.3 Å². The summed E-state index contributed by atoms with van der Waals surface area (Å²) in [5.41, 5.74) is 7.46. The van der Waals surface area contributed by atoms with E-state index in [2.05, 4.69) is 15.0 Å². The summed E-state index contributed by atoms with van der Waals surface area (Å²) in [6.07, 6.45) is -1.06. The lowest BCUT2D eigenvalue weighted by molar-refractivity contribution is -0.150. The lowest BCUT2D eigenvalue weighted by atomic mass is 9.98. The van der Waals surface area contributed by atoms with Crippen LogP contribution in [0, 0.1) is 11.8 Å². The van der Waals surface area contributed by atoms with Crippen LogP contribution in [-0.2, 0) is 30.0 Å². The van der Waals surface area contributed by atoms with Crippen LogP contribution >= 0.6 is 19.2 Å². The van der Waals surface area contributed by atoms with Crippen molar-refractivity contribution in [3.63, 3.8) is 0 Å². The van der Waals surface area contributed by atoms with E-state index in [1.165, 1.54) is 6.33 Å². The molecule has 1 aliphatic heterocycles. The number of hydrogen-bond donors (Lipinski definition) is 2. The van der Waals surface area contributed by atoms with Crippen LogP contribution in [0.4, 0.5) is 5.82 Å². The van der Waals surface area contributed by atoms with Gasteiger partial charge in [-0.15, -0.1) is 0 Å². The molecular formula is C29H33ClN5O7P.